The van der Waals surface area contributed by atoms with Crippen LogP contribution in [-0.2, 0) is 9.59 Å². The van der Waals surface area contributed by atoms with Crippen molar-refractivity contribution in [3.05, 3.63) is 0 Å². The highest BCUT2D eigenvalue weighted by Crippen LogP contribution is 2.11. The number of Topliss-reactive ketones (excluding diaryl/α,β-unsaturated/α-hetero) is 2. The maximum Gasteiger partial charge on any atom is 0.140 e. The third kappa shape index (κ3) is 13.4. The standard InChI is InChI=1S/C16H30O2/c1-3-4-5-6-7-8-9-10-11-12-13-16(18)14-15(2)17/h3-14H2,1-2H3. The first kappa shape index (κ1) is 17.3. The van der Waals surface area contributed by atoms with Crippen LogP contribution < -0.4 is 0 Å². The number of unbranched alkanes of at least 4 members (excludes halogenated alkanes) is 9. The van der Waals surface area contributed by atoms with Gasteiger partial charge in [-0.15, -0.1) is 0 Å². The highest BCUT2D eigenvalue weighted by atomic mass is 16.1. The van der Waals surface area contributed by atoms with Crippen molar-refractivity contribution >= 4 is 11.6 Å². The first-order valence-electron chi connectivity index (χ1n) is 7.68. The van der Waals surface area contributed by atoms with Gasteiger partial charge in [0.15, 0.2) is 0 Å². The van der Waals surface area contributed by atoms with Gasteiger partial charge in [0.2, 0.25) is 0 Å². The topological polar surface area (TPSA) is 34.1 Å². The van der Waals surface area contributed by atoms with E-state index >= 15 is 0 Å². The Morgan fingerprint density at radius 3 is 1.61 bits per heavy atom. The predicted octanol–water partition coefficient (Wildman–Crippen LogP) is 4.85. The lowest BCUT2D eigenvalue weighted by Crippen LogP contribution is -2.03. The highest BCUT2D eigenvalue weighted by molar-refractivity contribution is 5.97. The van der Waals surface area contributed by atoms with Gasteiger partial charge in [-0.05, 0) is 13.3 Å². The molecule has 0 saturated carbocycles. The van der Waals surface area contributed by atoms with Gasteiger partial charge in [-0.3, -0.25) is 9.59 Å². The molecule has 2 heteroatoms. The Balaban J connectivity index is 3.11. The normalized spacial score (nSPS) is 10.6. The van der Waals surface area contributed by atoms with E-state index in [1.54, 1.807) is 0 Å². The molecule has 106 valence electrons. The first-order chi connectivity index (χ1) is 8.66. The average molecular weight is 254 g/mol. The number of ketones is 2. The smallest absolute Gasteiger partial charge is 0.140 e. The summed E-state index contributed by atoms with van der Waals surface area (Å²) in [6, 6.07) is 0. The van der Waals surface area contributed by atoms with Gasteiger partial charge in [0.25, 0.3) is 0 Å². The van der Waals surface area contributed by atoms with Crippen LogP contribution in [0.25, 0.3) is 0 Å². The number of hydrogen-bond donors (Lipinski definition) is 0. The highest BCUT2D eigenvalue weighted by Gasteiger charge is 2.04. The second-order valence-corrected chi connectivity index (χ2v) is 5.35. The zero-order chi connectivity index (χ0) is 13.6. The summed E-state index contributed by atoms with van der Waals surface area (Å²) in [6.07, 6.45) is 13.5. The molecule has 0 heterocycles. The van der Waals surface area contributed by atoms with Crippen molar-refractivity contribution in [1.29, 1.82) is 0 Å². The van der Waals surface area contributed by atoms with Crippen LogP contribution in [0.5, 0.6) is 0 Å². The lowest BCUT2D eigenvalue weighted by molar-refractivity contribution is -0.125. The molecule has 0 saturated heterocycles. The number of carbonyl (C=O) groups excluding carboxylic acids is 2. The molecule has 0 aromatic heterocycles. The van der Waals surface area contributed by atoms with Gasteiger partial charge in [-0.1, -0.05) is 64.7 Å². The fourth-order valence-electron chi connectivity index (χ4n) is 2.18. The van der Waals surface area contributed by atoms with Gasteiger partial charge in [-0.25, -0.2) is 0 Å². The quantitative estimate of drug-likeness (QED) is 0.348. The fraction of sp³-hybridized carbons (Fsp3) is 0.875. The molecule has 0 rings (SSSR count). The Morgan fingerprint density at radius 1 is 0.722 bits per heavy atom. The molecule has 0 fully saturated rings. The predicted molar refractivity (Wildman–Crippen MR) is 76.8 cm³/mol. The van der Waals surface area contributed by atoms with Crippen LogP contribution in [-0.4, -0.2) is 11.6 Å². The van der Waals surface area contributed by atoms with Crippen molar-refractivity contribution in [2.45, 2.75) is 90.9 Å². The molecule has 0 N–H and O–H groups in total. The third-order valence-corrected chi connectivity index (χ3v) is 3.26. The molecule has 18 heavy (non-hydrogen) atoms. The van der Waals surface area contributed by atoms with E-state index in [0.717, 1.165) is 12.8 Å². The van der Waals surface area contributed by atoms with Gasteiger partial charge in [0.05, 0.1) is 6.42 Å². The summed E-state index contributed by atoms with van der Waals surface area (Å²) in [5, 5.41) is 0. The lowest BCUT2D eigenvalue weighted by atomic mass is 10.0. The molecule has 0 unspecified atom stereocenters. The Hall–Kier alpha value is -0.660. The Kier molecular flexibility index (Phi) is 12.3. The Labute approximate surface area is 113 Å². The summed E-state index contributed by atoms with van der Waals surface area (Å²) in [6.45, 7) is 3.73. The summed E-state index contributed by atoms with van der Waals surface area (Å²) < 4.78 is 0. The van der Waals surface area contributed by atoms with E-state index in [-0.39, 0.29) is 18.0 Å². The fourth-order valence-corrected chi connectivity index (χ4v) is 2.18. The van der Waals surface area contributed by atoms with Crippen molar-refractivity contribution in [1.82, 2.24) is 0 Å². The van der Waals surface area contributed by atoms with E-state index in [9.17, 15) is 9.59 Å². The summed E-state index contributed by atoms with van der Waals surface area (Å²) in [7, 11) is 0. The molecule has 0 amide bonds. The van der Waals surface area contributed by atoms with Crippen LogP contribution in [0.2, 0.25) is 0 Å². The Morgan fingerprint density at radius 2 is 1.17 bits per heavy atom. The van der Waals surface area contributed by atoms with Gasteiger partial charge in [-0.2, -0.15) is 0 Å². The molecular formula is C16H30O2. The van der Waals surface area contributed by atoms with Crippen LogP contribution in [0.4, 0.5) is 0 Å². The van der Waals surface area contributed by atoms with Crippen molar-refractivity contribution in [3.63, 3.8) is 0 Å². The van der Waals surface area contributed by atoms with E-state index in [1.807, 2.05) is 0 Å². The van der Waals surface area contributed by atoms with Crippen molar-refractivity contribution in [2.24, 2.45) is 0 Å². The van der Waals surface area contributed by atoms with Crippen LogP contribution in [0.3, 0.4) is 0 Å². The van der Waals surface area contributed by atoms with E-state index in [1.165, 1.54) is 58.3 Å². The summed E-state index contributed by atoms with van der Waals surface area (Å²) in [5.74, 6) is 0.106. The van der Waals surface area contributed by atoms with Gasteiger partial charge < -0.3 is 0 Å². The third-order valence-electron chi connectivity index (χ3n) is 3.26. The summed E-state index contributed by atoms with van der Waals surface area (Å²) in [4.78, 5) is 22.0. The second-order valence-electron chi connectivity index (χ2n) is 5.35. The van der Waals surface area contributed by atoms with Gasteiger partial charge in [0, 0.05) is 6.42 Å². The van der Waals surface area contributed by atoms with Crippen LogP contribution in [0.15, 0.2) is 0 Å². The SMILES string of the molecule is CCCCCCCCCCCCC(=O)CC(C)=O. The lowest BCUT2D eigenvalue weighted by Gasteiger charge is -2.02. The number of carbonyl (C=O) groups is 2. The largest absolute Gasteiger partial charge is 0.300 e. The van der Waals surface area contributed by atoms with Gasteiger partial charge in [0.1, 0.15) is 11.6 Å². The zero-order valence-electron chi connectivity index (χ0n) is 12.3. The molecular weight excluding hydrogens is 224 g/mol. The molecule has 0 aromatic carbocycles. The van der Waals surface area contributed by atoms with Gasteiger partial charge >= 0.3 is 0 Å². The molecule has 0 aliphatic rings. The first-order valence-corrected chi connectivity index (χ1v) is 7.68. The van der Waals surface area contributed by atoms with E-state index in [0.29, 0.717) is 6.42 Å². The molecule has 0 aromatic rings. The minimum Gasteiger partial charge on any atom is -0.300 e. The van der Waals surface area contributed by atoms with Crippen LogP contribution >= 0.6 is 0 Å². The second kappa shape index (κ2) is 12.8. The molecule has 0 aliphatic carbocycles. The molecule has 0 radical (unpaired) electrons. The van der Waals surface area contributed by atoms with Crippen molar-refractivity contribution < 1.29 is 9.59 Å². The van der Waals surface area contributed by atoms with Crippen LogP contribution in [0.1, 0.15) is 90.9 Å². The molecule has 0 aliphatic heterocycles. The van der Waals surface area contributed by atoms with E-state index in [4.69, 9.17) is 0 Å². The molecule has 0 atom stereocenters. The molecule has 0 bridgehead atoms. The number of hydrogen-bond acceptors (Lipinski definition) is 2. The maximum atomic E-state index is 11.3. The summed E-state index contributed by atoms with van der Waals surface area (Å²) >= 11 is 0. The van der Waals surface area contributed by atoms with E-state index < -0.39 is 0 Å². The number of rotatable bonds is 13. The van der Waals surface area contributed by atoms with Crippen molar-refractivity contribution in [2.75, 3.05) is 0 Å². The molecule has 2 nitrogen and oxygen atoms in total. The summed E-state index contributed by atoms with van der Waals surface area (Å²) in [5.41, 5.74) is 0. The Bertz CT molecular complexity index is 221. The van der Waals surface area contributed by atoms with Crippen molar-refractivity contribution in [3.8, 4) is 0 Å². The van der Waals surface area contributed by atoms with Crippen LogP contribution in [0, 0.1) is 0 Å². The minimum atomic E-state index is -0.00733. The molecule has 0 spiro atoms. The average Bonchev–Trinajstić information content (AvgIpc) is 2.30. The monoisotopic (exact) mass is 254 g/mol. The minimum absolute atomic E-state index is 0.00733. The van der Waals surface area contributed by atoms with E-state index in [2.05, 4.69) is 6.92 Å². The maximum absolute atomic E-state index is 11.3. The zero-order valence-corrected chi connectivity index (χ0v) is 12.3.